The number of carbonyl (C=O) groups is 1. The molecule has 0 saturated heterocycles. The van der Waals surface area contributed by atoms with Gasteiger partial charge in [-0.15, -0.1) is 0 Å². The normalized spacial score (nSPS) is 32.5. The zero-order valence-electron chi connectivity index (χ0n) is 12.3. The summed E-state index contributed by atoms with van der Waals surface area (Å²) in [5.74, 6) is 0.535. The second kappa shape index (κ2) is 4.40. The lowest BCUT2D eigenvalue weighted by Crippen LogP contribution is -2.34. The standard InChI is InChI=1S/C16H21N3O/c1-15(2)12-4-7-16(15,3)13(10-12)18-19-14(20)11-5-8-17-9-6-11/h5-6,8-9,12H,4,7,10H2,1-3H3,(H,19,20)/b18-13+. The molecule has 2 aliphatic rings. The van der Waals surface area contributed by atoms with E-state index in [2.05, 4.69) is 36.3 Å². The topological polar surface area (TPSA) is 54.4 Å². The van der Waals surface area contributed by atoms with Gasteiger partial charge in [0.25, 0.3) is 5.91 Å². The molecule has 0 aliphatic heterocycles. The zero-order chi connectivity index (χ0) is 14.4. The molecule has 20 heavy (non-hydrogen) atoms. The molecule has 2 unspecified atom stereocenters. The number of hydrogen-bond acceptors (Lipinski definition) is 3. The van der Waals surface area contributed by atoms with Gasteiger partial charge in [0.1, 0.15) is 0 Å². The summed E-state index contributed by atoms with van der Waals surface area (Å²) in [5, 5.41) is 4.45. The van der Waals surface area contributed by atoms with Crippen molar-refractivity contribution in [3.8, 4) is 0 Å². The van der Waals surface area contributed by atoms with Crippen LogP contribution in [0.5, 0.6) is 0 Å². The predicted molar refractivity (Wildman–Crippen MR) is 78.4 cm³/mol. The van der Waals surface area contributed by atoms with Crippen LogP contribution in [-0.2, 0) is 0 Å². The van der Waals surface area contributed by atoms with E-state index in [9.17, 15) is 4.79 Å². The summed E-state index contributed by atoms with van der Waals surface area (Å²) in [6.07, 6.45) is 6.70. The summed E-state index contributed by atoms with van der Waals surface area (Å²) in [4.78, 5) is 15.9. The first kappa shape index (κ1) is 13.3. The van der Waals surface area contributed by atoms with E-state index < -0.39 is 0 Å². The zero-order valence-corrected chi connectivity index (χ0v) is 12.3. The van der Waals surface area contributed by atoms with Crippen molar-refractivity contribution >= 4 is 11.6 Å². The van der Waals surface area contributed by atoms with E-state index >= 15 is 0 Å². The Morgan fingerprint density at radius 1 is 1.35 bits per heavy atom. The summed E-state index contributed by atoms with van der Waals surface area (Å²) < 4.78 is 0. The predicted octanol–water partition coefficient (Wildman–Crippen LogP) is 3.01. The number of aromatic nitrogens is 1. The molecule has 1 heterocycles. The minimum Gasteiger partial charge on any atom is -0.267 e. The Kier molecular flexibility index (Phi) is 2.92. The van der Waals surface area contributed by atoms with Crippen molar-refractivity contribution in [3.63, 3.8) is 0 Å². The molecule has 106 valence electrons. The molecule has 0 aromatic carbocycles. The molecule has 0 radical (unpaired) electrons. The van der Waals surface area contributed by atoms with Crippen LogP contribution in [0.15, 0.2) is 29.6 Å². The molecule has 2 saturated carbocycles. The van der Waals surface area contributed by atoms with E-state index in [4.69, 9.17) is 0 Å². The van der Waals surface area contributed by atoms with Gasteiger partial charge in [-0.25, -0.2) is 5.43 Å². The number of hydrogen-bond donors (Lipinski definition) is 1. The van der Waals surface area contributed by atoms with Crippen molar-refractivity contribution in [2.24, 2.45) is 21.8 Å². The van der Waals surface area contributed by atoms with Gasteiger partial charge in [0.2, 0.25) is 0 Å². The van der Waals surface area contributed by atoms with E-state index in [0.29, 0.717) is 11.5 Å². The maximum Gasteiger partial charge on any atom is 0.271 e. The number of carbonyl (C=O) groups excluding carboxylic acids is 1. The highest BCUT2D eigenvalue weighted by molar-refractivity contribution is 5.98. The van der Waals surface area contributed by atoms with Crippen molar-refractivity contribution < 1.29 is 4.79 Å². The number of rotatable bonds is 2. The highest BCUT2D eigenvalue weighted by atomic mass is 16.2. The summed E-state index contributed by atoms with van der Waals surface area (Å²) in [7, 11) is 0. The molecule has 2 fully saturated rings. The Morgan fingerprint density at radius 3 is 2.60 bits per heavy atom. The Hall–Kier alpha value is -1.71. The third kappa shape index (κ3) is 1.78. The molecular weight excluding hydrogens is 250 g/mol. The first-order chi connectivity index (χ1) is 9.45. The molecule has 1 aromatic heterocycles. The van der Waals surface area contributed by atoms with Gasteiger partial charge >= 0.3 is 0 Å². The summed E-state index contributed by atoms with van der Waals surface area (Å²) in [6, 6.07) is 3.39. The molecule has 2 atom stereocenters. The number of nitrogens with zero attached hydrogens (tertiary/aromatic N) is 2. The molecule has 3 rings (SSSR count). The first-order valence-corrected chi connectivity index (χ1v) is 7.22. The van der Waals surface area contributed by atoms with Gasteiger partial charge in [-0.3, -0.25) is 9.78 Å². The van der Waals surface area contributed by atoms with Crippen LogP contribution in [0, 0.1) is 16.7 Å². The minimum absolute atomic E-state index is 0.128. The number of nitrogens with one attached hydrogen (secondary N) is 1. The second-order valence-electron chi connectivity index (χ2n) is 6.73. The van der Waals surface area contributed by atoms with Crippen LogP contribution in [0.25, 0.3) is 0 Å². The van der Waals surface area contributed by atoms with Crippen LogP contribution in [0.3, 0.4) is 0 Å². The number of fused-ring (bicyclic) bond motifs is 2. The van der Waals surface area contributed by atoms with Gasteiger partial charge in [-0.05, 0) is 42.7 Å². The Balaban J connectivity index is 1.77. The number of pyridine rings is 1. The maximum atomic E-state index is 12.0. The molecule has 2 bridgehead atoms. The van der Waals surface area contributed by atoms with Crippen LogP contribution < -0.4 is 5.43 Å². The monoisotopic (exact) mass is 271 g/mol. The summed E-state index contributed by atoms with van der Waals surface area (Å²) in [5.41, 5.74) is 4.87. The Morgan fingerprint density at radius 2 is 2.05 bits per heavy atom. The van der Waals surface area contributed by atoms with Crippen LogP contribution in [0.4, 0.5) is 0 Å². The Bertz CT molecular complexity index is 564. The van der Waals surface area contributed by atoms with Gasteiger partial charge in [0.15, 0.2) is 0 Å². The van der Waals surface area contributed by atoms with Crippen molar-refractivity contribution in [3.05, 3.63) is 30.1 Å². The van der Waals surface area contributed by atoms with Crippen molar-refractivity contribution in [2.75, 3.05) is 0 Å². The van der Waals surface area contributed by atoms with Crippen LogP contribution in [0.1, 0.15) is 50.4 Å². The average molecular weight is 271 g/mol. The van der Waals surface area contributed by atoms with Crippen molar-refractivity contribution in [2.45, 2.75) is 40.0 Å². The lowest BCUT2D eigenvalue weighted by atomic mass is 9.70. The van der Waals surface area contributed by atoms with E-state index in [0.717, 1.165) is 12.1 Å². The number of hydrazone groups is 1. The molecule has 2 aliphatic carbocycles. The molecule has 1 aromatic rings. The summed E-state index contributed by atoms with van der Waals surface area (Å²) in [6.45, 7) is 6.95. The van der Waals surface area contributed by atoms with Crippen molar-refractivity contribution in [1.82, 2.24) is 10.4 Å². The molecule has 4 heteroatoms. The second-order valence-corrected chi connectivity index (χ2v) is 6.73. The van der Waals surface area contributed by atoms with Crippen LogP contribution in [-0.4, -0.2) is 16.6 Å². The highest BCUT2D eigenvalue weighted by Crippen LogP contribution is 2.63. The van der Waals surface area contributed by atoms with E-state index in [-0.39, 0.29) is 16.7 Å². The fraction of sp³-hybridized carbons (Fsp3) is 0.562. The highest BCUT2D eigenvalue weighted by Gasteiger charge is 2.59. The van der Waals surface area contributed by atoms with Crippen LogP contribution in [0.2, 0.25) is 0 Å². The molecule has 1 N–H and O–H groups in total. The SMILES string of the molecule is CC12CCC(C/C1=N\NC(=O)c1ccncc1)C2(C)C. The maximum absolute atomic E-state index is 12.0. The smallest absolute Gasteiger partial charge is 0.267 e. The first-order valence-electron chi connectivity index (χ1n) is 7.22. The quantitative estimate of drug-likeness (QED) is 0.841. The molecule has 1 amide bonds. The largest absolute Gasteiger partial charge is 0.271 e. The molecule has 4 nitrogen and oxygen atoms in total. The summed E-state index contributed by atoms with van der Waals surface area (Å²) >= 11 is 0. The lowest BCUT2D eigenvalue weighted by molar-refractivity contribution is 0.0953. The Labute approximate surface area is 119 Å². The van der Waals surface area contributed by atoms with Crippen molar-refractivity contribution in [1.29, 1.82) is 0 Å². The van der Waals surface area contributed by atoms with Gasteiger partial charge in [0.05, 0.1) is 0 Å². The third-order valence-electron chi connectivity index (χ3n) is 5.75. The fourth-order valence-electron chi connectivity index (χ4n) is 3.78. The van der Waals surface area contributed by atoms with Crippen LogP contribution >= 0.6 is 0 Å². The lowest BCUT2D eigenvalue weighted by Gasteiger charge is -2.34. The minimum atomic E-state index is -0.163. The van der Waals surface area contributed by atoms with E-state index in [1.54, 1.807) is 24.5 Å². The average Bonchev–Trinajstić information content (AvgIpc) is 2.78. The van der Waals surface area contributed by atoms with Gasteiger partial charge in [-0.2, -0.15) is 5.10 Å². The van der Waals surface area contributed by atoms with Gasteiger partial charge in [0, 0.05) is 29.1 Å². The third-order valence-corrected chi connectivity index (χ3v) is 5.75. The van der Waals surface area contributed by atoms with E-state index in [1.165, 1.54) is 12.8 Å². The molecular formula is C16H21N3O. The number of amides is 1. The fourth-order valence-corrected chi connectivity index (χ4v) is 3.78. The molecule has 0 spiro atoms. The van der Waals surface area contributed by atoms with Gasteiger partial charge < -0.3 is 0 Å². The van der Waals surface area contributed by atoms with Gasteiger partial charge in [-0.1, -0.05) is 20.8 Å². The van der Waals surface area contributed by atoms with E-state index in [1.807, 2.05) is 0 Å².